The first-order valence-corrected chi connectivity index (χ1v) is 9.90. The number of hydrogen-bond donors (Lipinski definition) is 0. The van der Waals surface area contributed by atoms with E-state index < -0.39 is 0 Å². The van der Waals surface area contributed by atoms with Crippen molar-refractivity contribution in [2.75, 3.05) is 42.5 Å². The molecule has 2 aliphatic heterocycles. The molecule has 4 rings (SSSR count). The zero-order valence-corrected chi connectivity index (χ0v) is 16.5. The van der Waals surface area contributed by atoms with E-state index in [1.54, 1.807) is 23.2 Å². The number of carbonyl (C=O) groups excluding carboxylic acids is 2. The van der Waals surface area contributed by atoms with Crippen LogP contribution in [0.4, 0.5) is 11.5 Å². The van der Waals surface area contributed by atoms with Gasteiger partial charge in [-0.3, -0.25) is 14.5 Å². The zero-order chi connectivity index (χ0) is 19.7. The normalized spacial score (nSPS) is 17.4. The van der Waals surface area contributed by atoms with Crippen molar-refractivity contribution in [3.8, 4) is 0 Å². The van der Waals surface area contributed by atoms with Crippen LogP contribution < -0.4 is 9.80 Å². The third-order valence-corrected chi connectivity index (χ3v) is 5.48. The van der Waals surface area contributed by atoms with Gasteiger partial charge < -0.3 is 9.80 Å². The van der Waals surface area contributed by atoms with E-state index in [4.69, 9.17) is 0 Å². The number of carbonyl (C=O) groups is 2. The number of benzene rings is 1. The molecule has 2 aromatic rings. The molecular weight excluding hydrogens is 352 g/mol. The maximum atomic E-state index is 12.8. The maximum absolute atomic E-state index is 12.8. The van der Waals surface area contributed by atoms with Crippen LogP contribution in [-0.4, -0.2) is 54.4 Å². The molecular formula is C22H26N4O2. The second kappa shape index (κ2) is 7.62. The first kappa shape index (κ1) is 18.5. The Morgan fingerprint density at radius 3 is 2.25 bits per heavy atom. The summed E-state index contributed by atoms with van der Waals surface area (Å²) in [7, 11) is 0. The minimum absolute atomic E-state index is 0.00636. The molecule has 1 aromatic carbocycles. The van der Waals surface area contributed by atoms with E-state index in [9.17, 15) is 9.59 Å². The summed E-state index contributed by atoms with van der Waals surface area (Å²) in [4.78, 5) is 34.9. The number of nitrogens with zero attached hydrogens (tertiary/aromatic N) is 4. The van der Waals surface area contributed by atoms with Gasteiger partial charge in [0.25, 0.3) is 5.91 Å². The van der Waals surface area contributed by atoms with Crippen molar-refractivity contribution in [3.05, 3.63) is 53.2 Å². The van der Waals surface area contributed by atoms with Crippen molar-refractivity contribution in [2.45, 2.75) is 26.7 Å². The van der Waals surface area contributed by atoms with Crippen LogP contribution in [0.2, 0.25) is 0 Å². The summed E-state index contributed by atoms with van der Waals surface area (Å²) in [6.45, 7) is 7.96. The lowest BCUT2D eigenvalue weighted by Gasteiger charge is -2.36. The Balaban J connectivity index is 1.39. The average molecular weight is 378 g/mol. The first-order chi connectivity index (χ1) is 13.5. The average Bonchev–Trinajstić information content (AvgIpc) is 3.13. The molecule has 0 N–H and O–H groups in total. The van der Waals surface area contributed by atoms with Gasteiger partial charge in [-0.25, -0.2) is 4.98 Å². The molecule has 1 aromatic heterocycles. The second-order valence-corrected chi connectivity index (χ2v) is 7.68. The fraction of sp³-hybridized carbons (Fsp3) is 0.409. The molecule has 6 nitrogen and oxygen atoms in total. The topological polar surface area (TPSA) is 56.8 Å². The molecule has 0 saturated carbocycles. The van der Waals surface area contributed by atoms with Crippen molar-refractivity contribution < 1.29 is 9.59 Å². The molecule has 146 valence electrons. The molecule has 2 aliphatic rings. The molecule has 0 aliphatic carbocycles. The molecule has 0 unspecified atom stereocenters. The Kier molecular flexibility index (Phi) is 5.03. The van der Waals surface area contributed by atoms with Crippen LogP contribution in [-0.2, 0) is 4.79 Å². The van der Waals surface area contributed by atoms with Crippen molar-refractivity contribution in [2.24, 2.45) is 0 Å². The summed E-state index contributed by atoms with van der Waals surface area (Å²) < 4.78 is 0. The van der Waals surface area contributed by atoms with Gasteiger partial charge in [0.2, 0.25) is 5.91 Å². The predicted octanol–water partition coefficient (Wildman–Crippen LogP) is 2.79. The molecule has 0 spiro atoms. The Labute approximate surface area is 165 Å². The lowest BCUT2D eigenvalue weighted by Crippen LogP contribution is -2.48. The number of amides is 2. The van der Waals surface area contributed by atoms with E-state index in [2.05, 4.69) is 41.9 Å². The highest BCUT2D eigenvalue weighted by Gasteiger charge is 2.25. The molecule has 2 fully saturated rings. The molecule has 2 saturated heterocycles. The van der Waals surface area contributed by atoms with E-state index in [0.717, 1.165) is 19.5 Å². The van der Waals surface area contributed by atoms with E-state index in [-0.39, 0.29) is 11.8 Å². The maximum Gasteiger partial charge on any atom is 0.255 e. The van der Waals surface area contributed by atoms with Crippen molar-refractivity contribution in [3.63, 3.8) is 0 Å². The molecule has 0 radical (unpaired) electrons. The molecule has 6 heteroatoms. The summed E-state index contributed by atoms with van der Waals surface area (Å²) in [5.41, 5.74) is 4.33. The van der Waals surface area contributed by atoms with Gasteiger partial charge in [-0.2, -0.15) is 0 Å². The number of aryl methyl sites for hydroxylation is 2. The number of anilines is 2. The zero-order valence-electron chi connectivity index (χ0n) is 16.5. The highest BCUT2D eigenvalue weighted by Crippen LogP contribution is 2.22. The lowest BCUT2D eigenvalue weighted by atomic mass is 10.1. The summed E-state index contributed by atoms with van der Waals surface area (Å²) in [5.74, 6) is 0.750. The second-order valence-electron chi connectivity index (χ2n) is 7.68. The van der Waals surface area contributed by atoms with Crippen LogP contribution in [0, 0.1) is 13.8 Å². The third-order valence-electron chi connectivity index (χ3n) is 5.48. The summed E-state index contributed by atoms with van der Waals surface area (Å²) >= 11 is 0. The first-order valence-electron chi connectivity index (χ1n) is 9.90. The van der Waals surface area contributed by atoms with Crippen LogP contribution in [0.3, 0.4) is 0 Å². The number of aromatic nitrogens is 1. The standard InChI is InChI=1S/C22H26N4O2/c1-16-12-17(2)14-19(13-16)24-8-10-25(11-9-24)22(28)18-5-6-20(23-15-18)26-7-3-4-21(26)27/h5-6,12-15H,3-4,7-11H2,1-2H3. The molecule has 3 heterocycles. The van der Waals surface area contributed by atoms with Crippen molar-refractivity contribution in [1.82, 2.24) is 9.88 Å². The Morgan fingerprint density at radius 1 is 0.964 bits per heavy atom. The quantitative estimate of drug-likeness (QED) is 0.824. The summed E-state index contributed by atoms with van der Waals surface area (Å²) in [6.07, 6.45) is 3.04. The smallest absolute Gasteiger partial charge is 0.255 e. The van der Waals surface area contributed by atoms with E-state index in [1.165, 1.54) is 16.8 Å². The van der Waals surface area contributed by atoms with Crippen LogP contribution >= 0.6 is 0 Å². The fourth-order valence-electron chi connectivity index (χ4n) is 4.05. The van der Waals surface area contributed by atoms with Gasteiger partial charge in [0.05, 0.1) is 5.56 Å². The van der Waals surface area contributed by atoms with E-state index in [1.807, 2.05) is 4.90 Å². The minimum atomic E-state index is 0.00636. The van der Waals surface area contributed by atoms with Crippen LogP contribution in [0.25, 0.3) is 0 Å². The summed E-state index contributed by atoms with van der Waals surface area (Å²) in [6, 6.07) is 10.1. The van der Waals surface area contributed by atoms with Gasteiger partial charge in [-0.1, -0.05) is 6.07 Å². The summed E-state index contributed by atoms with van der Waals surface area (Å²) in [5, 5.41) is 0. The van der Waals surface area contributed by atoms with Crippen LogP contribution in [0.5, 0.6) is 0 Å². The highest BCUT2D eigenvalue weighted by atomic mass is 16.2. The number of pyridine rings is 1. The molecule has 0 bridgehead atoms. The number of rotatable bonds is 3. The lowest BCUT2D eigenvalue weighted by molar-refractivity contribution is -0.117. The highest BCUT2D eigenvalue weighted by molar-refractivity contribution is 5.96. The van der Waals surface area contributed by atoms with Gasteiger partial charge in [0, 0.05) is 51.0 Å². The van der Waals surface area contributed by atoms with Crippen molar-refractivity contribution in [1.29, 1.82) is 0 Å². The van der Waals surface area contributed by atoms with Gasteiger partial charge >= 0.3 is 0 Å². The van der Waals surface area contributed by atoms with E-state index >= 15 is 0 Å². The van der Waals surface area contributed by atoms with Gasteiger partial charge in [0.1, 0.15) is 5.82 Å². The van der Waals surface area contributed by atoms with Gasteiger partial charge in [-0.15, -0.1) is 0 Å². The van der Waals surface area contributed by atoms with E-state index in [0.29, 0.717) is 37.4 Å². The number of piperazine rings is 1. The van der Waals surface area contributed by atoms with Crippen LogP contribution in [0.15, 0.2) is 36.5 Å². The van der Waals surface area contributed by atoms with Crippen LogP contribution in [0.1, 0.15) is 34.3 Å². The Bertz CT molecular complexity index is 866. The minimum Gasteiger partial charge on any atom is -0.368 e. The SMILES string of the molecule is Cc1cc(C)cc(N2CCN(C(=O)c3ccc(N4CCCC4=O)nc3)CC2)c1. The molecule has 0 atom stereocenters. The molecule has 28 heavy (non-hydrogen) atoms. The third kappa shape index (κ3) is 3.72. The number of hydrogen-bond acceptors (Lipinski definition) is 4. The Morgan fingerprint density at radius 2 is 1.68 bits per heavy atom. The van der Waals surface area contributed by atoms with Crippen molar-refractivity contribution >= 4 is 23.3 Å². The largest absolute Gasteiger partial charge is 0.368 e. The fourth-order valence-corrected chi connectivity index (χ4v) is 4.05. The Hall–Kier alpha value is -2.89. The predicted molar refractivity (Wildman–Crippen MR) is 110 cm³/mol. The molecule has 2 amide bonds. The monoisotopic (exact) mass is 378 g/mol. The van der Waals surface area contributed by atoms with Gasteiger partial charge in [-0.05, 0) is 55.7 Å². The van der Waals surface area contributed by atoms with Gasteiger partial charge in [0.15, 0.2) is 0 Å².